The van der Waals surface area contributed by atoms with E-state index in [9.17, 15) is 8.42 Å². The van der Waals surface area contributed by atoms with E-state index in [1.807, 2.05) is 13.8 Å². The van der Waals surface area contributed by atoms with Gasteiger partial charge in [0, 0.05) is 16.8 Å². The molecule has 0 aliphatic rings. The van der Waals surface area contributed by atoms with Gasteiger partial charge in [-0.05, 0) is 30.9 Å². The molecule has 18 heavy (non-hydrogen) atoms. The molecule has 0 bridgehead atoms. The molecule has 1 rings (SSSR count). The van der Waals surface area contributed by atoms with Crippen molar-refractivity contribution in [3.8, 4) is 0 Å². The van der Waals surface area contributed by atoms with E-state index < -0.39 is 10.0 Å². The summed E-state index contributed by atoms with van der Waals surface area (Å²) in [5.41, 5.74) is 5.83. The molecule has 102 valence electrons. The number of halogens is 1. The Labute approximate surface area is 117 Å². The van der Waals surface area contributed by atoms with Gasteiger partial charge in [-0.2, -0.15) is 11.8 Å². The van der Waals surface area contributed by atoms with Crippen molar-refractivity contribution < 1.29 is 8.42 Å². The predicted octanol–water partition coefficient (Wildman–Crippen LogP) is 2.34. The largest absolute Gasteiger partial charge is 0.398 e. The Balaban J connectivity index is 2.86. The number of benzene rings is 1. The van der Waals surface area contributed by atoms with Gasteiger partial charge in [-0.25, -0.2) is 13.1 Å². The standard InChI is InChI=1S/C11H17ClN2O2S2/c1-3-17-7-8(2)14-18(15,16)11-5-4-9(12)6-10(11)13/h4-6,8,14H,3,7,13H2,1-2H3. The van der Waals surface area contributed by atoms with E-state index in [2.05, 4.69) is 4.72 Å². The van der Waals surface area contributed by atoms with Crippen LogP contribution in [-0.4, -0.2) is 26.0 Å². The zero-order valence-electron chi connectivity index (χ0n) is 10.3. The van der Waals surface area contributed by atoms with Crippen LogP contribution in [0.2, 0.25) is 5.02 Å². The third kappa shape index (κ3) is 4.35. The molecule has 0 heterocycles. The quantitative estimate of drug-likeness (QED) is 0.791. The topological polar surface area (TPSA) is 72.2 Å². The smallest absolute Gasteiger partial charge is 0.242 e. The molecule has 0 aromatic heterocycles. The molecular formula is C11H17ClN2O2S2. The van der Waals surface area contributed by atoms with E-state index in [1.165, 1.54) is 18.2 Å². The lowest BCUT2D eigenvalue weighted by Gasteiger charge is -2.14. The third-order valence-corrected chi connectivity index (χ3v) is 5.23. The van der Waals surface area contributed by atoms with Gasteiger partial charge in [-0.1, -0.05) is 18.5 Å². The molecule has 1 atom stereocenters. The fraction of sp³-hybridized carbons (Fsp3) is 0.455. The van der Waals surface area contributed by atoms with Crippen molar-refractivity contribution in [2.24, 2.45) is 0 Å². The Morgan fingerprint density at radius 2 is 2.17 bits per heavy atom. The van der Waals surface area contributed by atoms with Crippen molar-refractivity contribution in [3.63, 3.8) is 0 Å². The van der Waals surface area contributed by atoms with Gasteiger partial charge in [0.25, 0.3) is 0 Å². The first-order chi connectivity index (χ1) is 8.36. The molecule has 3 N–H and O–H groups in total. The van der Waals surface area contributed by atoms with Crippen LogP contribution in [0.4, 0.5) is 5.69 Å². The molecule has 0 aliphatic heterocycles. The average Bonchev–Trinajstić information content (AvgIpc) is 2.25. The lowest BCUT2D eigenvalue weighted by molar-refractivity contribution is 0.571. The van der Waals surface area contributed by atoms with Crippen molar-refractivity contribution >= 4 is 39.1 Å². The average molecular weight is 309 g/mol. The van der Waals surface area contributed by atoms with E-state index in [0.717, 1.165) is 11.5 Å². The van der Waals surface area contributed by atoms with E-state index in [0.29, 0.717) is 5.02 Å². The summed E-state index contributed by atoms with van der Waals surface area (Å²) in [6.07, 6.45) is 0. The minimum atomic E-state index is -3.58. The summed E-state index contributed by atoms with van der Waals surface area (Å²) in [6.45, 7) is 3.86. The summed E-state index contributed by atoms with van der Waals surface area (Å²) in [6, 6.07) is 4.22. The SMILES string of the molecule is CCSCC(C)NS(=O)(=O)c1ccc(Cl)cc1N. The minimum Gasteiger partial charge on any atom is -0.398 e. The van der Waals surface area contributed by atoms with Crippen molar-refractivity contribution in [1.82, 2.24) is 4.72 Å². The molecule has 4 nitrogen and oxygen atoms in total. The summed E-state index contributed by atoms with van der Waals surface area (Å²) in [5.74, 6) is 1.68. The highest BCUT2D eigenvalue weighted by molar-refractivity contribution is 7.99. The molecule has 1 aromatic rings. The molecule has 1 unspecified atom stereocenters. The zero-order valence-corrected chi connectivity index (χ0v) is 12.7. The zero-order chi connectivity index (χ0) is 13.8. The van der Waals surface area contributed by atoms with Crippen molar-refractivity contribution in [1.29, 1.82) is 0 Å². The Bertz CT molecular complexity index is 506. The summed E-state index contributed by atoms with van der Waals surface area (Å²) in [7, 11) is -3.58. The maximum absolute atomic E-state index is 12.1. The van der Waals surface area contributed by atoms with Crippen LogP contribution < -0.4 is 10.5 Å². The second-order valence-corrected chi connectivity index (χ2v) is 7.30. The Morgan fingerprint density at radius 3 is 2.72 bits per heavy atom. The first kappa shape index (κ1) is 15.6. The van der Waals surface area contributed by atoms with Gasteiger partial charge in [0.05, 0.1) is 5.69 Å². The summed E-state index contributed by atoms with van der Waals surface area (Å²) >= 11 is 7.42. The van der Waals surface area contributed by atoms with Crippen LogP contribution in [0.15, 0.2) is 23.1 Å². The monoisotopic (exact) mass is 308 g/mol. The lowest BCUT2D eigenvalue weighted by Crippen LogP contribution is -2.34. The number of nitrogens with one attached hydrogen (secondary N) is 1. The molecule has 7 heteroatoms. The number of hydrogen-bond donors (Lipinski definition) is 2. The van der Waals surface area contributed by atoms with E-state index >= 15 is 0 Å². The highest BCUT2D eigenvalue weighted by Crippen LogP contribution is 2.22. The number of nitrogens with two attached hydrogens (primary N) is 1. The number of hydrogen-bond acceptors (Lipinski definition) is 4. The maximum atomic E-state index is 12.1. The van der Waals surface area contributed by atoms with Crippen LogP contribution in [0, 0.1) is 0 Å². The normalized spacial score (nSPS) is 13.5. The minimum absolute atomic E-state index is 0.0697. The molecule has 0 aliphatic carbocycles. The van der Waals surface area contributed by atoms with Gasteiger partial charge < -0.3 is 5.73 Å². The third-order valence-electron chi connectivity index (χ3n) is 2.19. The van der Waals surface area contributed by atoms with Gasteiger partial charge in [-0.3, -0.25) is 0 Å². The van der Waals surface area contributed by atoms with Gasteiger partial charge in [0.1, 0.15) is 4.90 Å². The molecular weight excluding hydrogens is 292 g/mol. The van der Waals surface area contributed by atoms with E-state index in [-0.39, 0.29) is 16.6 Å². The van der Waals surface area contributed by atoms with Crippen LogP contribution in [0.25, 0.3) is 0 Å². The highest BCUT2D eigenvalue weighted by Gasteiger charge is 2.19. The van der Waals surface area contributed by atoms with Crippen LogP contribution in [-0.2, 0) is 10.0 Å². The first-order valence-corrected chi connectivity index (χ1v) is 8.53. The Hall–Kier alpha value is -0.430. The van der Waals surface area contributed by atoms with Crippen molar-refractivity contribution in [2.45, 2.75) is 24.8 Å². The lowest BCUT2D eigenvalue weighted by atomic mass is 10.3. The fourth-order valence-corrected chi connectivity index (χ4v) is 3.74. The fourth-order valence-electron chi connectivity index (χ4n) is 1.42. The van der Waals surface area contributed by atoms with Crippen LogP contribution >= 0.6 is 23.4 Å². The number of anilines is 1. The Kier molecular flexibility index (Phi) is 5.78. The predicted molar refractivity (Wildman–Crippen MR) is 78.6 cm³/mol. The second kappa shape index (κ2) is 6.65. The first-order valence-electron chi connectivity index (χ1n) is 5.52. The number of sulfonamides is 1. The molecule has 0 radical (unpaired) electrons. The summed E-state index contributed by atoms with van der Waals surface area (Å²) < 4.78 is 26.8. The van der Waals surface area contributed by atoms with E-state index in [4.69, 9.17) is 17.3 Å². The number of rotatable bonds is 6. The van der Waals surface area contributed by atoms with Crippen molar-refractivity contribution in [3.05, 3.63) is 23.2 Å². The van der Waals surface area contributed by atoms with Crippen molar-refractivity contribution in [2.75, 3.05) is 17.2 Å². The summed E-state index contributed by atoms with van der Waals surface area (Å²) in [5, 5.41) is 0.418. The molecule has 0 amide bonds. The van der Waals surface area contributed by atoms with Gasteiger partial charge >= 0.3 is 0 Å². The maximum Gasteiger partial charge on any atom is 0.242 e. The number of nitrogen functional groups attached to an aromatic ring is 1. The molecule has 1 aromatic carbocycles. The van der Waals surface area contributed by atoms with Gasteiger partial charge in [-0.15, -0.1) is 0 Å². The molecule has 0 fully saturated rings. The summed E-state index contributed by atoms with van der Waals surface area (Å²) in [4.78, 5) is 0.0697. The second-order valence-electron chi connectivity index (χ2n) is 3.86. The molecule has 0 saturated carbocycles. The van der Waals surface area contributed by atoms with Gasteiger partial charge in [0.15, 0.2) is 0 Å². The van der Waals surface area contributed by atoms with Crippen LogP contribution in [0.1, 0.15) is 13.8 Å². The highest BCUT2D eigenvalue weighted by atomic mass is 35.5. The van der Waals surface area contributed by atoms with Crippen LogP contribution in [0.3, 0.4) is 0 Å². The molecule has 0 saturated heterocycles. The molecule has 0 spiro atoms. The van der Waals surface area contributed by atoms with E-state index in [1.54, 1.807) is 11.8 Å². The Morgan fingerprint density at radius 1 is 1.50 bits per heavy atom. The number of thioether (sulfide) groups is 1. The van der Waals surface area contributed by atoms with Crippen LogP contribution in [0.5, 0.6) is 0 Å². The van der Waals surface area contributed by atoms with Gasteiger partial charge in [0.2, 0.25) is 10.0 Å².